The zero-order valence-electron chi connectivity index (χ0n) is 10.9. The van der Waals surface area contributed by atoms with Gasteiger partial charge in [0.15, 0.2) is 0 Å². The van der Waals surface area contributed by atoms with Crippen LogP contribution in [0.2, 0.25) is 0 Å². The molecule has 0 aliphatic heterocycles. The van der Waals surface area contributed by atoms with Gasteiger partial charge in [-0.2, -0.15) is 0 Å². The number of methoxy groups -OCH3 is 1. The highest BCUT2D eigenvalue weighted by molar-refractivity contribution is 5.75. The third-order valence-electron chi connectivity index (χ3n) is 2.42. The number of ether oxygens (including phenoxy) is 2. The van der Waals surface area contributed by atoms with Gasteiger partial charge in [0.25, 0.3) is 0 Å². The monoisotopic (exact) mass is 247 g/mol. The number of unbranched alkanes of at least 4 members (excludes halogenated alkanes) is 1. The lowest BCUT2D eigenvalue weighted by Crippen LogP contribution is -2.38. The predicted molar refractivity (Wildman–Crippen MR) is 65.9 cm³/mol. The summed E-state index contributed by atoms with van der Waals surface area (Å²) in [5.41, 5.74) is 0. The molecule has 1 unspecified atom stereocenters. The summed E-state index contributed by atoms with van der Waals surface area (Å²) in [6.45, 7) is 3.83. The first-order valence-electron chi connectivity index (χ1n) is 6.26. The number of aliphatic hydroxyl groups is 1. The van der Waals surface area contributed by atoms with Gasteiger partial charge in [-0.05, 0) is 19.4 Å². The number of hydrogen-bond acceptors (Lipinski definition) is 5. The van der Waals surface area contributed by atoms with E-state index >= 15 is 0 Å². The molecule has 17 heavy (non-hydrogen) atoms. The zero-order chi connectivity index (χ0) is 12.9. The van der Waals surface area contributed by atoms with Gasteiger partial charge in [-0.3, -0.25) is 4.79 Å². The van der Waals surface area contributed by atoms with Crippen LogP contribution in [0.3, 0.4) is 0 Å². The minimum Gasteiger partial charge on any atom is -0.468 e. The van der Waals surface area contributed by atoms with E-state index < -0.39 is 0 Å². The largest absolute Gasteiger partial charge is 0.468 e. The first-order chi connectivity index (χ1) is 8.26. The fraction of sp³-hybridized carbons (Fsp3) is 0.917. The molecule has 0 aromatic carbocycles. The number of carbonyl (C=O) groups excluding carboxylic acids is 1. The van der Waals surface area contributed by atoms with Crippen LogP contribution < -0.4 is 5.32 Å². The van der Waals surface area contributed by atoms with Crippen LogP contribution in [0.15, 0.2) is 0 Å². The van der Waals surface area contributed by atoms with E-state index in [1.54, 1.807) is 0 Å². The number of rotatable bonds is 11. The maximum Gasteiger partial charge on any atom is 0.322 e. The van der Waals surface area contributed by atoms with E-state index in [2.05, 4.69) is 12.2 Å². The molecule has 0 amide bonds. The average molecular weight is 247 g/mol. The van der Waals surface area contributed by atoms with Gasteiger partial charge < -0.3 is 19.9 Å². The number of esters is 1. The van der Waals surface area contributed by atoms with Crippen molar-refractivity contribution < 1.29 is 19.4 Å². The lowest BCUT2D eigenvalue weighted by Gasteiger charge is -2.15. The van der Waals surface area contributed by atoms with Crippen LogP contribution in [0.5, 0.6) is 0 Å². The number of aliphatic hydroxyl groups excluding tert-OH is 1. The van der Waals surface area contributed by atoms with E-state index in [0.717, 1.165) is 32.2 Å². The van der Waals surface area contributed by atoms with Crippen molar-refractivity contribution in [1.29, 1.82) is 0 Å². The van der Waals surface area contributed by atoms with Gasteiger partial charge in [0.2, 0.25) is 0 Å². The third kappa shape index (κ3) is 9.09. The lowest BCUT2D eigenvalue weighted by atomic mass is 10.1. The van der Waals surface area contributed by atoms with Crippen molar-refractivity contribution in [3.8, 4) is 0 Å². The van der Waals surface area contributed by atoms with E-state index in [-0.39, 0.29) is 18.6 Å². The molecule has 0 rings (SSSR count). The maximum absolute atomic E-state index is 11.4. The van der Waals surface area contributed by atoms with E-state index in [0.29, 0.717) is 13.2 Å². The molecule has 0 radical (unpaired) electrons. The van der Waals surface area contributed by atoms with Gasteiger partial charge in [-0.25, -0.2) is 0 Å². The third-order valence-corrected chi connectivity index (χ3v) is 2.42. The van der Waals surface area contributed by atoms with Crippen molar-refractivity contribution in [3.63, 3.8) is 0 Å². The van der Waals surface area contributed by atoms with Crippen molar-refractivity contribution >= 4 is 5.97 Å². The van der Waals surface area contributed by atoms with Gasteiger partial charge in [0.1, 0.15) is 6.04 Å². The molecule has 0 aromatic heterocycles. The summed E-state index contributed by atoms with van der Waals surface area (Å²) in [5, 5.41) is 11.7. The summed E-state index contributed by atoms with van der Waals surface area (Å²) in [6.07, 6.45) is 3.70. The molecule has 0 saturated heterocycles. The molecule has 1 atom stereocenters. The Bertz CT molecular complexity index is 187. The minimum atomic E-state index is -0.210. The summed E-state index contributed by atoms with van der Waals surface area (Å²) in [6, 6.07) is -0.210. The van der Waals surface area contributed by atoms with E-state index in [4.69, 9.17) is 14.6 Å². The second-order valence-corrected chi connectivity index (χ2v) is 3.86. The Labute approximate surface area is 103 Å². The van der Waals surface area contributed by atoms with Crippen LogP contribution in [0.25, 0.3) is 0 Å². The fourth-order valence-electron chi connectivity index (χ4n) is 1.47. The van der Waals surface area contributed by atoms with Crippen LogP contribution in [-0.2, 0) is 14.3 Å². The summed E-state index contributed by atoms with van der Waals surface area (Å²) < 4.78 is 9.87. The molecule has 5 heteroatoms. The molecule has 0 saturated carbocycles. The van der Waals surface area contributed by atoms with Crippen LogP contribution in [0.4, 0.5) is 0 Å². The molecule has 0 aliphatic carbocycles. The van der Waals surface area contributed by atoms with Crippen LogP contribution in [-0.4, -0.2) is 50.6 Å². The highest BCUT2D eigenvalue weighted by Crippen LogP contribution is 2.02. The lowest BCUT2D eigenvalue weighted by molar-refractivity contribution is -0.143. The first kappa shape index (κ1) is 16.4. The highest BCUT2D eigenvalue weighted by atomic mass is 16.5. The van der Waals surface area contributed by atoms with Crippen molar-refractivity contribution in [3.05, 3.63) is 0 Å². The van der Waals surface area contributed by atoms with Gasteiger partial charge in [-0.15, -0.1) is 0 Å². The van der Waals surface area contributed by atoms with E-state index in [1.165, 1.54) is 7.11 Å². The maximum atomic E-state index is 11.4. The average Bonchev–Trinajstić information content (AvgIpc) is 2.36. The Kier molecular flexibility index (Phi) is 11.4. The zero-order valence-corrected chi connectivity index (χ0v) is 10.9. The molecule has 0 spiro atoms. The van der Waals surface area contributed by atoms with Gasteiger partial charge >= 0.3 is 5.97 Å². The molecule has 0 bridgehead atoms. The Morgan fingerprint density at radius 2 is 2.12 bits per heavy atom. The molecule has 0 fully saturated rings. The number of hydrogen-bond donors (Lipinski definition) is 2. The quantitative estimate of drug-likeness (QED) is 0.416. The van der Waals surface area contributed by atoms with E-state index in [1.807, 2.05) is 0 Å². The molecule has 0 aromatic rings. The Balaban J connectivity index is 3.64. The number of carbonyl (C=O) groups is 1. The Morgan fingerprint density at radius 3 is 2.71 bits per heavy atom. The van der Waals surface area contributed by atoms with Gasteiger partial charge in [0, 0.05) is 6.61 Å². The Morgan fingerprint density at radius 1 is 1.35 bits per heavy atom. The summed E-state index contributed by atoms with van der Waals surface area (Å²) in [5.74, 6) is -0.199. The molecule has 5 nitrogen and oxygen atoms in total. The summed E-state index contributed by atoms with van der Waals surface area (Å²) in [4.78, 5) is 11.4. The normalized spacial score (nSPS) is 12.4. The molecular formula is C12H25NO4. The molecule has 0 aliphatic rings. The SMILES string of the molecule is CCCCC(NCCCOCCO)C(=O)OC. The van der Waals surface area contributed by atoms with Crippen molar-refractivity contribution in [2.45, 2.75) is 38.6 Å². The first-order valence-corrected chi connectivity index (χ1v) is 6.26. The van der Waals surface area contributed by atoms with Crippen molar-refractivity contribution in [1.82, 2.24) is 5.32 Å². The smallest absolute Gasteiger partial charge is 0.322 e. The second kappa shape index (κ2) is 11.8. The van der Waals surface area contributed by atoms with Crippen molar-refractivity contribution in [2.75, 3.05) is 33.5 Å². The van der Waals surface area contributed by atoms with Gasteiger partial charge in [-0.1, -0.05) is 19.8 Å². The molecule has 2 N–H and O–H groups in total. The fourth-order valence-corrected chi connectivity index (χ4v) is 1.47. The summed E-state index contributed by atoms with van der Waals surface area (Å²) >= 11 is 0. The standard InChI is InChI=1S/C12H25NO4/c1-3-4-6-11(12(15)16-2)13-7-5-9-17-10-8-14/h11,13-14H,3-10H2,1-2H3. The summed E-state index contributed by atoms with van der Waals surface area (Å²) in [7, 11) is 1.41. The van der Waals surface area contributed by atoms with Crippen LogP contribution in [0, 0.1) is 0 Å². The van der Waals surface area contributed by atoms with Crippen LogP contribution >= 0.6 is 0 Å². The minimum absolute atomic E-state index is 0.0503. The topological polar surface area (TPSA) is 67.8 Å². The number of nitrogens with one attached hydrogen (secondary N) is 1. The molecular weight excluding hydrogens is 222 g/mol. The highest BCUT2D eigenvalue weighted by Gasteiger charge is 2.16. The van der Waals surface area contributed by atoms with Gasteiger partial charge in [0.05, 0.1) is 20.3 Å². The predicted octanol–water partition coefficient (Wildman–Crippen LogP) is 0.707. The van der Waals surface area contributed by atoms with Crippen LogP contribution in [0.1, 0.15) is 32.6 Å². The molecule has 0 heterocycles. The van der Waals surface area contributed by atoms with E-state index in [9.17, 15) is 4.79 Å². The molecule has 102 valence electrons. The second-order valence-electron chi connectivity index (χ2n) is 3.86. The Hall–Kier alpha value is -0.650. The van der Waals surface area contributed by atoms with Crippen molar-refractivity contribution in [2.24, 2.45) is 0 Å².